The number of carboxylic acids is 1. The fourth-order valence-corrected chi connectivity index (χ4v) is 2.92. The summed E-state index contributed by atoms with van der Waals surface area (Å²) in [5.74, 6) is -0.379. The number of rotatable bonds is 4. The lowest BCUT2D eigenvalue weighted by Gasteiger charge is -2.09. The number of aliphatic carboxylic acids is 1. The van der Waals surface area contributed by atoms with Crippen LogP contribution in [-0.4, -0.2) is 30.8 Å². The molecule has 4 rings (SSSR count). The summed E-state index contributed by atoms with van der Waals surface area (Å²) in [7, 11) is 0. The highest BCUT2D eigenvalue weighted by Gasteiger charge is 2.16. The van der Waals surface area contributed by atoms with Gasteiger partial charge in [-0.3, -0.25) is 9.78 Å². The summed E-state index contributed by atoms with van der Waals surface area (Å²) >= 11 is 0. The van der Waals surface area contributed by atoms with Gasteiger partial charge in [-0.15, -0.1) is 0 Å². The average Bonchev–Trinajstić information content (AvgIpc) is 3.10. The first kappa shape index (κ1) is 16.9. The monoisotopic (exact) mass is 359 g/mol. The van der Waals surface area contributed by atoms with Crippen LogP contribution in [-0.2, 0) is 4.79 Å². The molecule has 27 heavy (non-hydrogen) atoms. The fourth-order valence-electron chi connectivity index (χ4n) is 2.92. The van der Waals surface area contributed by atoms with E-state index in [1.54, 1.807) is 23.0 Å². The number of carboxylic acid groups (broad SMARTS) is 1. The quantitative estimate of drug-likeness (QED) is 0.580. The average molecular weight is 359 g/mol. The second-order valence-electron chi connectivity index (χ2n) is 6.23. The van der Waals surface area contributed by atoms with Gasteiger partial charge in [-0.05, 0) is 37.3 Å². The topological polar surface area (TPSA) is 107 Å². The molecule has 1 unspecified atom stereocenters. The summed E-state index contributed by atoms with van der Waals surface area (Å²) in [6.45, 7) is 1.93. The number of aryl methyl sites for hydroxylation is 1. The minimum Gasteiger partial charge on any atom is -0.480 e. The number of aromatic nitrogens is 4. The Balaban J connectivity index is 1.81. The second kappa shape index (κ2) is 6.62. The third kappa shape index (κ3) is 3.16. The molecule has 3 N–H and O–H groups in total. The van der Waals surface area contributed by atoms with Gasteiger partial charge < -0.3 is 10.8 Å². The van der Waals surface area contributed by atoms with Crippen LogP contribution in [0.4, 0.5) is 0 Å². The van der Waals surface area contributed by atoms with E-state index in [0.717, 1.165) is 28.0 Å². The maximum atomic E-state index is 11.1. The molecule has 0 fully saturated rings. The van der Waals surface area contributed by atoms with Crippen molar-refractivity contribution in [3.05, 3.63) is 72.2 Å². The Bertz CT molecular complexity index is 1150. The van der Waals surface area contributed by atoms with Crippen molar-refractivity contribution in [1.82, 2.24) is 19.7 Å². The molecule has 3 heterocycles. The Morgan fingerprint density at radius 3 is 2.70 bits per heavy atom. The maximum absolute atomic E-state index is 11.1. The summed E-state index contributed by atoms with van der Waals surface area (Å²) in [4.78, 5) is 20.1. The zero-order chi connectivity index (χ0) is 19.0. The lowest BCUT2D eigenvalue weighted by Crippen LogP contribution is -2.21. The van der Waals surface area contributed by atoms with Crippen LogP contribution in [0.5, 0.6) is 0 Å². The Labute approximate surface area is 155 Å². The molecule has 0 aliphatic heterocycles. The minimum atomic E-state index is -1.16. The minimum absolute atomic E-state index is 0.314. The van der Waals surface area contributed by atoms with E-state index >= 15 is 0 Å². The standard InChI is InChI=1S/C20H17N5O2/c1-12-4-2-7-18(23-12)25-17-10-13(8-9-14(17)11-22-25)15-5-3-6-16(24-15)19(21)20(26)27/h2-11,19H,21H2,1H3,(H,26,27). The van der Waals surface area contributed by atoms with Crippen LogP contribution < -0.4 is 5.73 Å². The molecular formula is C20H17N5O2. The molecule has 7 heteroatoms. The van der Waals surface area contributed by atoms with E-state index in [1.165, 1.54) is 0 Å². The normalized spacial score (nSPS) is 12.2. The molecule has 0 aliphatic rings. The van der Waals surface area contributed by atoms with Crippen molar-refractivity contribution in [3.63, 3.8) is 0 Å². The molecule has 1 aromatic carbocycles. The molecule has 0 bridgehead atoms. The van der Waals surface area contributed by atoms with E-state index < -0.39 is 12.0 Å². The predicted octanol–water partition coefficient (Wildman–Crippen LogP) is 2.88. The van der Waals surface area contributed by atoms with E-state index in [-0.39, 0.29) is 0 Å². The largest absolute Gasteiger partial charge is 0.480 e. The Hall–Kier alpha value is -3.58. The van der Waals surface area contributed by atoms with Crippen molar-refractivity contribution in [2.75, 3.05) is 0 Å². The van der Waals surface area contributed by atoms with Crippen LogP contribution in [0.25, 0.3) is 28.0 Å². The van der Waals surface area contributed by atoms with E-state index in [4.69, 9.17) is 10.8 Å². The zero-order valence-electron chi connectivity index (χ0n) is 14.6. The molecule has 0 saturated heterocycles. The third-order valence-corrected chi connectivity index (χ3v) is 4.31. The number of pyridine rings is 2. The van der Waals surface area contributed by atoms with Gasteiger partial charge >= 0.3 is 5.97 Å². The van der Waals surface area contributed by atoms with Gasteiger partial charge in [0.15, 0.2) is 5.82 Å². The first-order valence-corrected chi connectivity index (χ1v) is 8.40. The lowest BCUT2D eigenvalue weighted by molar-refractivity contribution is -0.138. The van der Waals surface area contributed by atoms with Crippen molar-refractivity contribution in [2.24, 2.45) is 5.73 Å². The molecule has 134 valence electrons. The Kier molecular flexibility index (Phi) is 4.13. The van der Waals surface area contributed by atoms with Gasteiger partial charge in [0, 0.05) is 16.6 Å². The van der Waals surface area contributed by atoms with Crippen LogP contribution in [0.3, 0.4) is 0 Å². The molecular weight excluding hydrogens is 342 g/mol. The maximum Gasteiger partial charge on any atom is 0.326 e. The van der Waals surface area contributed by atoms with E-state index in [2.05, 4.69) is 15.1 Å². The van der Waals surface area contributed by atoms with Gasteiger partial charge in [-0.2, -0.15) is 5.10 Å². The van der Waals surface area contributed by atoms with Crippen molar-refractivity contribution in [2.45, 2.75) is 13.0 Å². The molecule has 3 aromatic heterocycles. The highest BCUT2D eigenvalue weighted by atomic mass is 16.4. The highest BCUT2D eigenvalue weighted by molar-refractivity contribution is 5.85. The Morgan fingerprint density at radius 2 is 1.93 bits per heavy atom. The zero-order valence-corrected chi connectivity index (χ0v) is 14.6. The van der Waals surface area contributed by atoms with Crippen molar-refractivity contribution < 1.29 is 9.90 Å². The summed E-state index contributed by atoms with van der Waals surface area (Å²) < 4.78 is 1.78. The highest BCUT2D eigenvalue weighted by Crippen LogP contribution is 2.25. The first-order chi connectivity index (χ1) is 13.0. The summed E-state index contributed by atoms with van der Waals surface area (Å²) in [6.07, 6.45) is 1.79. The molecule has 7 nitrogen and oxygen atoms in total. The fraction of sp³-hybridized carbons (Fsp3) is 0.100. The van der Waals surface area contributed by atoms with E-state index in [1.807, 2.05) is 49.4 Å². The van der Waals surface area contributed by atoms with E-state index in [9.17, 15) is 4.79 Å². The van der Waals surface area contributed by atoms with Crippen molar-refractivity contribution >= 4 is 16.9 Å². The van der Waals surface area contributed by atoms with Crippen LogP contribution in [0.1, 0.15) is 17.4 Å². The van der Waals surface area contributed by atoms with Gasteiger partial charge in [0.2, 0.25) is 0 Å². The molecule has 0 amide bonds. The van der Waals surface area contributed by atoms with Crippen molar-refractivity contribution in [3.8, 4) is 17.1 Å². The molecule has 0 spiro atoms. The first-order valence-electron chi connectivity index (χ1n) is 8.40. The Morgan fingerprint density at radius 1 is 1.11 bits per heavy atom. The summed E-state index contributed by atoms with van der Waals surface area (Å²) in [6, 6.07) is 15.6. The number of nitrogens with two attached hydrogens (primary N) is 1. The van der Waals surface area contributed by atoms with Crippen LogP contribution >= 0.6 is 0 Å². The number of benzene rings is 1. The number of hydrogen-bond donors (Lipinski definition) is 2. The lowest BCUT2D eigenvalue weighted by atomic mass is 10.1. The molecule has 0 aliphatic carbocycles. The molecule has 0 saturated carbocycles. The smallest absolute Gasteiger partial charge is 0.326 e. The molecule has 0 radical (unpaired) electrons. The third-order valence-electron chi connectivity index (χ3n) is 4.31. The predicted molar refractivity (Wildman–Crippen MR) is 101 cm³/mol. The summed E-state index contributed by atoms with van der Waals surface area (Å²) in [5.41, 5.74) is 9.29. The van der Waals surface area contributed by atoms with Gasteiger partial charge in [0.05, 0.1) is 23.1 Å². The van der Waals surface area contributed by atoms with Gasteiger partial charge in [0.1, 0.15) is 6.04 Å². The molecule has 1 atom stereocenters. The number of fused-ring (bicyclic) bond motifs is 1. The van der Waals surface area contributed by atoms with Gasteiger partial charge in [-0.1, -0.05) is 24.3 Å². The second-order valence-corrected chi connectivity index (χ2v) is 6.23. The van der Waals surface area contributed by atoms with E-state index in [0.29, 0.717) is 11.4 Å². The summed E-state index contributed by atoms with van der Waals surface area (Å²) in [5, 5.41) is 14.5. The van der Waals surface area contributed by atoms with Crippen LogP contribution in [0.2, 0.25) is 0 Å². The SMILES string of the molecule is Cc1cccc(-n2ncc3ccc(-c4cccc(C(N)C(=O)O)n4)cc32)n1. The number of hydrogen-bond acceptors (Lipinski definition) is 5. The van der Waals surface area contributed by atoms with Gasteiger partial charge in [-0.25, -0.2) is 9.67 Å². The van der Waals surface area contributed by atoms with Crippen LogP contribution in [0, 0.1) is 6.92 Å². The molecule has 4 aromatic rings. The van der Waals surface area contributed by atoms with Crippen LogP contribution in [0.15, 0.2) is 60.8 Å². The number of carbonyl (C=O) groups is 1. The van der Waals surface area contributed by atoms with Gasteiger partial charge in [0.25, 0.3) is 0 Å². The van der Waals surface area contributed by atoms with Crippen molar-refractivity contribution in [1.29, 1.82) is 0 Å². The number of nitrogens with zero attached hydrogens (tertiary/aromatic N) is 4.